The predicted molar refractivity (Wildman–Crippen MR) is 157 cm³/mol. The van der Waals surface area contributed by atoms with Crippen molar-refractivity contribution in [2.24, 2.45) is 0 Å². The van der Waals surface area contributed by atoms with E-state index in [0.717, 1.165) is 18.2 Å². The lowest BCUT2D eigenvalue weighted by atomic mass is 10.0. The summed E-state index contributed by atoms with van der Waals surface area (Å²) in [6, 6.07) is 13.4. The van der Waals surface area contributed by atoms with E-state index in [0.29, 0.717) is 34.7 Å². The molecule has 0 aromatic heterocycles. The second-order valence-corrected chi connectivity index (χ2v) is 9.89. The molecule has 3 aromatic rings. The van der Waals surface area contributed by atoms with Crippen LogP contribution < -0.4 is 20.1 Å². The molecule has 0 heterocycles. The smallest absolute Gasteiger partial charge is 0.259 e. The van der Waals surface area contributed by atoms with Crippen molar-refractivity contribution in [2.45, 2.75) is 71.1 Å². The van der Waals surface area contributed by atoms with Crippen molar-refractivity contribution in [2.75, 3.05) is 26.1 Å². The van der Waals surface area contributed by atoms with Crippen LogP contribution in [0.15, 0.2) is 48.5 Å². The third-order valence-corrected chi connectivity index (χ3v) is 6.93. The zero-order valence-electron chi connectivity index (χ0n) is 23.5. The fourth-order valence-electron chi connectivity index (χ4n) is 4.62. The molecule has 0 bridgehead atoms. The van der Waals surface area contributed by atoms with Gasteiger partial charge in [0, 0.05) is 18.2 Å². The molecule has 0 spiro atoms. The molecule has 210 valence electrons. The number of hydrogen-bond donors (Lipinski definition) is 3. The predicted octanol–water partition coefficient (Wildman–Crippen LogP) is 7.47. The molecule has 0 unspecified atom stereocenters. The first kappa shape index (κ1) is 29.8. The summed E-state index contributed by atoms with van der Waals surface area (Å²) < 4.78 is 10.5. The number of fused-ring (bicyclic) bond motifs is 1. The largest absolute Gasteiger partial charge is 0.507 e. The number of carbonyl (C=O) groups is 2. The number of phenols is 1. The van der Waals surface area contributed by atoms with Gasteiger partial charge in [0.1, 0.15) is 17.2 Å². The standard InChI is InChI=1S/C32H42N2O5/c1-4-5-6-7-8-9-10-11-12-13-18-33-31(36)24-15-14-23-21-29(35)27(20-25(23)19-24)32(37)34-28-17-16-26(38-2)22-30(28)39-3/h14-17,19-22,35H,4-13,18H2,1-3H3,(H,33,36)(H,34,37). The lowest BCUT2D eigenvalue weighted by molar-refractivity contribution is 0.0952. The van der Waals surface area contributed by atoms with Gasteiger partial charge in [-0.15, -0.1) is 0 Å². The number of nitrogens with one attached hydrogen (secondary N) is 2. The van der Waals surface area contributed by atoms with Crippen LogP contribution in [0, 0.1) is 0 Å². The number of methoxy groups -OCH3 is 2. The van der Waals surface area contributed by atoms with Gasteiger partial charge < -0.3 is 25.2 Å². The summed E-state index contributed by atoms with van der Waals surface area (Å²) in [6.07, 6.45) is 12.5. The Bertz CT molecular complexity index is 1240. The minimum absolute atomic E-state index is 0.100. The highest BCUT2D eigenvalue weighted by atomic mass is 16.5. The molecule has 0 aliphatic rings. The van der Waals surface area contributed by atoms with E-state index in [1.165, 1.54) is 64.5 Å². The van der Waals surface area contributed by atoms with Crippen LogP contribution in [0.25, 0.3) is 10.8 Å². The van der Waals surface area contributed by atoms with E-state index in [9.17, 15) is 14.7 Å². The maximum Gasteiger partial charge on any atom is 0.259 e. The Morgan fingerprint density at radius 3 is 2.10 bits per heavy atom. The van der Waals surface area contributed by atoms with Crippen molar-refractivity contribution in [3.05, 3.63) is 59.7 Å². The molecule has 2 amide bonds. The Morgan fingerprint density at radius 2 is 1.44 bits per heavy atom. The molecule has 0 fully saturated rings. The molecule has 0 radical (unpaired) electrons. The van der Waals surface area contributed by atoms with Gasteiger partial charge in [-0.05, 0) is 53.6 Å². The molecule has 0 atom stereocenters. The lowest BCUT2D eigenvalue weighted by Gasteiger charge is -2.13. The van der Waals surface area contributed by atoms with Crippen LogP contribution in [-0.4, -0.2) is 37.7 Å². The molecule has 3 aromatic carbocycles. The van der Waals surface area contributed by atoms with E-state index in [4.69, 9.17) is 9.47 Å². The first-order chi connectivity index (χ1) is 19.0. The van der Waals surface area contributed by atoms with Crippen molar-refractivity contribution >= 4 is 28.3 Å². The van der Waals surface area contributed by atoms with E-state index < -0.39 is 5.91 Å². The van der Waals surface area contributed by atoms with Crippen molar-refractivity contribution in [1.82, 2.24) is 5.32 Å². The summed E-state index contributed by atoms with van der Waals surface area (Å²) in [6.45, 7) is 2.88. The highest BCUT2D eigenvalue weighted by Gasteiger charge is 2.16. The van der Waals surface area contributed by atoms with Crippen molar-refractivity contribution in [3.8, 4) is 17.2 Å². The van der Waals surface area contributed by atoms with Crippen LogP contribution in [0.5, 0.6) is 17.2 Å². The molecule has 0 aliphatic carbocycles. The first-order valence-corrected chi connectivity index (χ1v) is 14.0. The summed E-state index contributed by atoms with van der Waals surface area (Å²) in [4.78, 5) is 25.7. The Morgan fingerprint density at radius 1 is 0.744 bits per heavy atom. The molecular weight excluding hydrogens is 492 g/mol. The number of aromatic hydroxyl groups is 1. The van der Waals surface area contributed by atoms with Gasteiger partial charge in [0.25, 0.3) is 11.8 Å². The maximum absolute atomic E-state index is 13.0. The zero-order chi connectivity index (χ0) is 28.0. The summed E-state index contributed by atoms with van der Waals surface area (Å²) in [5, 5.41) is 17.7. The second-order valence-electron chi connectivity index (χ2n) is 9.89. The topological polar surface area (TPSA) is 96.9 Å². The third-order valence-electron chi connectivity index (χ3n) is 6.93. The van der Waals surface area contributed by atoms with Gasteiger partial charge in [-0.2, -0.15) is 0 Å². The van der Waals surface area contributed by atoms with Crippen LogP contribution in [0.3, 0.4) is 0 Å². The van der Waals surface area contributed by atoms with Crippen molar-refractivity contribution in [1.29, 1.82) is 0 Å². The molecule has 3 rings (SSSR count). The van der Waals surface area contributed by atoms with E-state index in [2.05, 4.69) is 17.6 Å². The minimum Gasteiger partial charge on any atom is -0.507 e. The summed E-state index contributed by atoms with van der Waals surface area (Å²) >= 11 is 0. The monoisotopic (exact) mass is 534 g/mol. The van der Waals surface area contributed by atoms with Crippen LogP contribution in [0.2, 0.25) is 0 Å². The Kier molecular flexibility index (Phi) is 11.9. The maximum atomic E-state index is 13.0. The highest BCUT2D eigenvalue weighted by Crippen LogP contribution is 2.31. The molecule has 7 nitrogen and oxygen atoms in total. The average molecular weight is 535 g/mol. The molecule has 7 heteroatoms. The summed E-state index contributed by atoms with van der Waals surface area (Å²) in [5.41, 5.74) is 1.06. The fraction of sp³-hybridized carbons (Fsp3) is 0.438. The number of amides is 2. The molecule has 0 saturated carbocycles. The Hall–Kier alpha value is -3.74. The van der Waals surface area contributed by atoms with Gasteiger partial charge in [-0.25, -0.2) is 0 Å². The molecule has 0 saturated heterocycles. The number of ether oxygens (including phenoxy) is 2. The quantitative estimate of drug-likeness (QED) is 0.166. The Labute approximate surface area is 231 Å². The van der Waals surface area contributed by atoms with Crippen LogP contribution >= 0.6 is 0 Å². The van der Waals surface area contributed by atoms with E-state index >= 15 is 0 Å². The number of unbranched alkanes of at least 4 members (excludes halogenated alkanes) is 9. The molecular formula is C32H42N2O5. The highest BCUT2D eigenvalue weighted by molar-refractivity contribution is 6.09. The number of carbonyl (C=O) groups excluding carboxylic acids is 2. The van der Waals surface area contributed by atoms with E-state index in [1.54, 1.807) is 49.6 Å². The summed E-state index contributed by atoms with van der Waals surface area (Å²) in [5.74, 6) is 0.246. The fourth-order valence-corrected chi connectivity index (χ4v) is 4.62. The van der Waals surface area contributed by atoms with E-state index in [1.807, 2.05) is 0 Å². The van der Waals surface area contributed by atoms with Crippen molar-refractivity contribution in [3.63, 3.8) is 0 Å². The van der Waals surface area contributed by atoms with Gasteiger partial charge in [-0.1, -0.05) is 70.8 Å². The zero-order valence-corrected chi connectivity index (χ0v) is 23.5. The van der Waals surface area contributed by atoms with Gasteiger partial charge in [-0.3, -0.25) is 9.59 Å². The SMILES string of the molecule is CCCCCCCCCCCCNC(=O)c1ccc2cc(O)c(C(=O)Nc3ccc(OC)cc3OC)cc2c1. The molecule has 3 N–H and O–H groups in total. The van der Waals surface area contributed by atoms with Crippen LogP contribution in [-0.2, 0) is 0 Å². The Balaban J connectivity index is 1.55. The lowest BCUT2D eigenvalue weighted by Crippen LogP contribution is -2.24. The normalized spacial score (nSPS) is 10.8. The number of phenolic OH excluding ortho intramolecular Hbond substituents is 1. The second kappa shape index (κ2) is 15.6. The number of rotatable bonds is 16. The number of anilines is 1. The number of hydrogen-bond acceptors (Lipinski definition) is 5. The minimum atomic E-state index is -0.492. The number of benzene rings is 3. The molecule has 0 aliphatic heterocycles. The average Bonchev–Trinajstić information content (AvgIpc) is 2.95. The third kappa shape index (κ3) is 8.91. The van der Waals surface area contributed by atoms with E-state index in [-0.39, 0.29) is 17.2 Å². The van der Waals surface area contributed by atoms with Crippen LogP contribution in [0.4, 0.5) is 5.69 Å². The van der Waals surface area contributed by atoms with Crippen molar-refractivity contribution < 1.29 is 24.2 Å². The van der Waals surface area contributed by atoms with Gasteiger partial charge in [0.2, 0.25) is 0 Å². The first-order valence-electron chi connectivity index (χ1n) is 14.0. The van der Waals surface area contributed by atoms with Gasteiger partial charge in [0.05, 0.1) is 25.5 Å². The molecule has 39 heavy (non-hydrogen) atoms. The van der Waals surface area contributed by atoms with Gasteiger partial charge in [0.15, 0.2) is 0 Å². The van der Waals surface area contributed by atoms with Gasteiger partial charge >= 0.3 is 0 Å². The van der Waals surface area contributed by atoms with Crippen LogP contribution in [0.1, 0.15) is 91.8 Å². The summed E-state index contributed by atoms with van der Waals surface area (Å²) in [7, 11) is 3.05.